The van der Waals surface area contributed by atoms with Gasteiger partial charge in [0, 0.05) is 11.8 Å². The van der Waals surface area contributed by atoms with E-state index in [0.717, 1.165) is 0 Å². The van der Waals surface area contributed by atoms with Gasteiger partial charge in [-0.1, -0.05) is 30.3 Å². The van der Waals surface area contributed by atoms with E-state index in [1.807, 2.05) is 13.0 Å². The minimum atomic E-state index is -0.910. The van der Waals surface area contributed by atoms with Gasteiger partial charge in [-0.3, -0.25) is 14.5 Å². The Morgan fingerprint density at radius 1 is 0.941 bits per heavy atom. The van der Waals surface area contributed by atoms with Crippen molar-refractivity contribution in [2.24, 2.45) is 0 Å². The average molecular weight is 461 g/mol. The molecule has 174 valence electrons. The Kier molecular flexibility index (Phi) is 6.63. The summed E-state index contributed by atoms with van der Waals surface area (Å²) in [5.41, 5.74) is 1.15. The second-order valence-corrected chi connectivity index (χ2v) is 7.58. The molecule has 1 fully saturated rings. The van der Waals surface area contributed by atoms with Crippen LogP contribution in [0.1, 0.15) is 31.0 Å². The van der Waals surface area contributed by atoms with E-state index < -0.39 is 23.5 Å². The fourth-order valence-corrected chi connectivity index (χ4v) is 4.03. The van der Waals surface area contributed by atoms with Gasteiger partial charge in [0.1, 0.15) is 23.1 Å². The minimum absolute atomic E-state index is 0.0781. The number of carbonyl (C=O) groups is 2. The van der Waals surface area contributed by atoms with Crippen molar-refractivity contribution >= 4 is 23.1 Å². The zero-order valence-electron chi connectivity index (χ0n) is 18.8. The largest absolute Gasteiger partial charge is 0.507 e. The number of benzene rings is 3. The molecule has 1 unspecified atom stereocenters. The highest BCUT2D eigenvalue weighted by atomic mass is 19.1. The van der Waals surface area contributed by atoms with Crippen LogP contribution in [0.15, 0.2) is 78.4 Å². The Hall–Kier alpha value is -4.13. The van der Waals surface area contributed by atoms with E-state index in [-0.39, 0.29) is 16.9 Å². The Morgan fingerprint density at radius 2 is 1.62 bits per heavy atom. The molecule has 3 aromatic carbocycles. The van der Waals surface area contributed by atoms with Gasteiger partial charge in [-0.15, -0.1) is 0 Å². The van der Waals surface area contributed by atoms with Gasteiger partial charge >= 0.3 is 0 Å². The number of ether oxygens (including phenoxy) is 2. The van der Waals surface area contributed by atoms with E-state index in [0.29, 0.717) is 36.0 Å². The maximum absolute atomic E-state index is 13.6. The second-order valence-electron chi connectivity index (χ2n) is 7.58. The molecule has 1 aliphatic rings. The van der Waals surface area contributed by atoms with Crippen molar-refractivity contribution in [1.82, 2.24) is 0 Å². The van der Waals surface area contributed by atoms with Crippen molar-refractivity contribution in [1.29, 1.82) is 0 Å². The van der Waals surface area contributed by atoms with Gasteiger partial charge in [-0.05, 0) is 55.8 Å². The molecule has 1 saturated heterocycles. The number of ketones is 1. The average Bonchev–Trinajstić information content (AvgIpc) is 3.11. The number of carbonyl (C=O) groups excluding carboxylic acids is 2. The first kappa shape index (κ1) is 23.0. The van der Waals surface area contributed by atoms with Crippen LogP contribution in [-0.4, -0.2) is 30.0 Å². The van der Waals surface area contributed by atoms with E-state index in [1.165, 1.54) is 29.2 Å². The Morgan fingerprint density at radius 3 is 2.26 bits per heavy atom. The van der Waals surface area contributed by atoms with Crippen molar-refractivity contribution < 1.29 is 28.6 Å². The summed E-state index contributed by atoms with van der Waals surface area (Å²) in [5, 5.41) is 11.4. The molecule has 1 amide bonds. The number of rotatable bonds is 7. The van der Waals surface area contributed by atoms with Crippen molar-refractivity contribution in [2.45, 2.75) is 19.9 Å². The smallest absolute Gasteiger partial charge is 0.300 e. The summed E-state index contributed by atoms with van der Waals surface area (Å²) in [7, 11) is 0. The summed E-state index contributed by atoms with van der Waals surface area (Å²) in [6.45, 7) is 4.43. The fraction of sp³-hybridized carbons (Fsp3) is 0.185. The molecule has 0 saturated carbocycles. The predicted octanol–water partition coefficient (Wildman–Crippen LogP) is 5.25. The molecule has 0 bridgehead atoms. The number of anilines is 1. The molecular weight excluding hydrogens is 437 g/mol. The lowest BCUT2D eigenvalue weighted by Crippen LogP contribution is -2.29. The highest BCUT2D eigenvalue weighted by molar-refractivity contribution is 6.51. The molecule has 6 nitrogen and oxygen atoms in total. The summed E-state index contributed by atoms with van der Waals surface area (Å²) in [5.74, 6) is -1.60. The molecule has 1 atom stereocenters. The summed E-state index contributed by atoms with van der Waals surface area (Å²) >= 11 is 0. The summed E-state index contributed by atoms with van der Waals surface area (Å²) in [6.07, 6.45) is 0. The van der Waals surface area contributed by atoms with Crippen LogP contribution >= 0.6 is 0 Å². The Labute approximate surface area is 196 Å². The monoisotopic (exact) mass is 461 g/mol. The Balaban J connectivity index is 1.92. The van der Waals surface area contributed by atoms with Gasteiger partial charge < -0.3 is 14.6 Å². The number of halogens is 1. The van der Waals surface area contributed by atoms with Gasteiger partial charge in [0.25, 0.3) is 11.7 Å². The normalized spacial score (nSPS) is 17.1. The third kappa shape index (κ3) is 4.24. The van der Waals surface area contributed by atoms with Crippen LogP contribution in [0.5, 0.6) is 11.5 Å². The number of aliphatic hydroxyl groups is 1. The highest BCUT2D eigenvalue weighted by Gasteiger charge is 2.47. The fourth-order valence-electron chi connectivity index (χ4n) is 4.03. The molecule has 0 aromatic heterocycles. The molecule has 7 heteroatoms. The topological polar surface area (TPSA) is 76.1 Å². The summed E-state index contributed by atoms with van der Waals surface area (Å²) in [4.78, 5) is 27.7. The predicted molar refractivity (Wildman–Crippen MR) is 126 cm³/mol. The molecular formula is C27H24FNO5. The molecule has 0 aliphatic carbocycles. The maximum atomic E-state index is 13.6. The van der Waals surface area contributed by atoms with Crippen molar-refractivity contribution in [3.63, 3.8) is 0 Å². The molecule has 1 N–H and O–H groups in total. The highest BCUT2D eigenvalue weighted by Crippen LogP contribution is 2.43. The number of amides is 1. The van der Waals surface area contributed by atoms with Crippen molar-refractivity contribution in [2.75, 3.05) is 18.1 Å². The molecule has 1 aliphatic heterocycles. The van der Waals surface area contributed by atoms with Gasteiger partial charge in [-0.25, -0.2) is 4.39 Å². The molecule has 4 rings (SSSR count). The number of Topliss-reactive ketones (excluding diaryl/α,β-unsaturated/α-hetero) is 1. The van der Waals surface area contributed by atoms with Gasteiger partial charge in [-0.2, -0.15) is 0 Å². The lowest BCUT2D eigenvalue weighted by atomic mass is 9.95. The van der Waals surface area contributed by atoms with E-state index in [2.05, 4.69) is 0 Å². The minimum Gasteiger partial charge on any atom is -0.507 e. The lowest BCUT2D eigenvalue weighted by molar-refractivity contribution is -0.132. The lowest BCUT2D eigenvalue weighted by Gasteiger charge is -2.25. The van der Waals surface area contributed by atoms with E-state index >= 15 is 0 Å². The van der Waals surface area contributed by atoms with Gasteiger partial charge in [0.2, 0.25) is 0 Å². The SMILES string of the molecule is CCOc1ccc(/C(O)=C2/C(=O)C(=O)N(c3ccc(F)cc3)C2c2ccccc2)c(OCC)c1. The van der Waals surface area contributed by atoms with Gasteiger partial charge in [0.05, 0.1) is 30.4 Å². The first-order chi connectivity index (χ1) is 16.5. The second kappa shape index (κ2) is 9.79. The molecule has 34 heavy (non-hydrogen) atoms. The molecule has 0 radical (unpaired) electrons. The van der Waals surface area contributed by atoms with Crippen LogP contribution in [0, 0.1) is 5.82 Å². The van der Waals surface area contributed by atoms with Crippen LogP contribution in [0.4, 0.5) is 10.1 Å². The zero-order chi connectivity index (χ0) is 24.2. The Bertz CT molecular complexity index is 1240. The van der Waals surface area contributed by atoms with Crippen molar-refractivity contribution in [3.05, 3.63) is 95.3 Å². The van der Waals surface area contributed by atoms with Crippen LogP contribution in [0.25, 0.3) is 5.76 Å². The first-order valence-corrected chi connectivity index (χ1v) is 11.0. The van der Waals surface area contributed by atoms with Gasteiger partial charge in [0.15, 0.2) is 0 Å². The molecule has 0 spiro atoms. The number of aliphatic hydroxyl groups excluding tert-OH is 1. The zero-order valence-corrected chi connectivity index (χ0v) is 18.8. The van der Waals surface area contributed by atoms with Crippen LogP contribution in [-0.2, 0) is 9.59 Å². The summed E-state index contributed by atoms with van der Waals surface area (Å²) in [6, 6.07) is 18.2. The third-order valence-electron chi connectivity index (χ3n) is 5.48. The third-order valence-corrected chi connectivity index (χ3v) is 5.48. The van der Waals surface area contributed by atoms with E-state index in [1.54, 1.807) is 49.4 Å². The van der Waals surface area contributed by atoms with Crippen molar-refractivity contribution in [3.8, 4) is 11.5 Å². The first-order valence-electron chi connectivity index (χ1n) is 11.0. The number of nitrogens with zero attached hydrogens (tertiary/aromatic N) is 1. The quantitative estimate of drug-likeness (QED) is 0.296. The van der Waals surface area contributed by atoms with Crippen LogP contribution < -0.4 is 14.4 Å². The number of hydrogen-bond acceptors (Lipinski definition) is 5. The maximum Gasteiger partial charge on any atom is 0.300 e. The van der Waals surface area contributed by atoms with Crippen LogP contribution in [0.3, 0.4) is 0 Å². The van der Waals surface area contributed by atoms with Crippen LogP contribution in [0.2, 0.25) is 0 Å². The van der Waals surface area contributed by atoms with E-state index in [9.17, 15) is 19.1 Å². The van der Waals surface area contributed by atoms with E-state index in [4.69, 9.17) is 9.47 Å². The molecule has 1 heterocycles. The molecule has 3 aromatic rings. The standard InChI is InChI=1S/C27H24FNO5/c1-3-33-20-14-15-21(22(16-20)34-4-2)25(30)23-24(17-8-6-5-7-9-17)29(27(32)26(23)31)19-12-10-18(28)11-13-19/h5-16,24,30H,3-4H2,1-2H3/b25-23-. The summed E-state index contributed by atoms with van der Waals surface area (Å²) < 4.78 is 24.8. The number of hydrogen-bond donors (Lipinski definition) is 1.